The fourth-order valence-electron chi connectivity index (χ4n) is 4.16. The van der Waals surface area contributed by atoms with Crippen molar-refractivity contribution in [3.63, 3.8) is 0 Å². The molecule has 2 N–H and O–H groups in total. The summed E-state index contributed by atoms with van der Waals surface area (Å²) in [5.74, 6) is 1.36. The molecule has 0 aliphatic heterocycles. The maximum atomic E-state index is 10.6. The van der Waals surface area contributed by atoms with E-state index < -0.39 is 6.09 Å². The summed E-state index contributed by atoms with van der Waals surface area (Å²) in [5, 5.41) is 20.5. The average Bonchev–Trinajstić information content (AvgIpc) is 3.26. The first kappa shape index (κ1) is 14.4. The summed E-state index contributed by atoms with van der Waals surface area (Å²) in [7, 11) is 0. The van der Waals surface area contributed by atoms with E-state index in [1.165, 1.54) is 18.4 Å². The van der Waals surface area contributed by atoms with Crippen LogP contribution < -0.4 is 10.1 Å². The van der Waals surface area contributed by atoms with E-state index >= 15 is 0 Å². The molecule has 3 fully saturated rings. The molecule has 5 heteroatoms. The van der Waals surface area contributed by atoms with Crippen LogP contribution in [0.5, 0.6) is 5.75 Å². The molecule has 4 rings (SSSR count). The van der Waals surface area contributed by atoms with Crippen molar-refractivity contribution in [2.24, 2.45) is 5.41 Å². The van der Waals surface area contributed by atoms with Crippen molar-refractivity contribution in [1.82, 2.24) is 5.32 Å². The first-order valence-corrected chi connectivity index (χ1v) is 8.27. The molecule has 3 saturated carbocycles. The number of nitriles is 1. The SMILES string of the molecule is N#Cc1ccc(C2CC2)cc1OC1CC2(CC(NC(=O)O)C2)C1. The number of rotatable bonds is 4. The number of amides is 1. The van der Waals surface area contributed by atoms with Gasteiger partial charge >= 0.3 is 6.09 Å². The lowest BCUT2D eigenvalue weighted by Gasteiger charge is -2.57. The Hall–Kier alpha value is -2.22. The Balaban J connectivity index is 1.35. The molecule has 0 bridgehead atoms. The highest BCUT2D eigenvalue weighted by atomic mass is 16.5. The molecule has 3 aliphatic carbocycles. The second kappa shape index (κ2) is 5.16. The van der Waals surface area contributed by atoms with E-state index in [4.69, 9.17) is 9.84 Å². The Morgan fingerprint density at radius 1 is 1.30 bits per heavy atom. The van der Waals surface area contributed by atoms with Gasteiger partial charge in [0.2, 0.25) is 0 Å². The highest BCUT2D eigenvalue weighted by Gasteiger charge is 2.54. The van der Waals surface area contributed by atoms with Gasteiger partial charge in [-0.15, -0.1) is 0 Å². The second-order valence-electron chi connectivity index (χ2n) is 7.34. The van der Waals surface area contributed by atoms with Gasteiger partial charge in [-0.25, -0.2) is 4.79 Å². The molecular weight excluding hydrogens is 292 g/mol. The smallest absolute Gasteiger partial charge is 0.404 e. The molecule has 5 nitrogen and oxygen atoms in total. The van der Waals surface area contributed by atoms with Gasteiger partial charge in [-0.1, -0.05) is 6.07 Å². The summed E-state index contributed by atoms with van der Waals surface area (Å²) in [6.45, 7) is 0. The fourth-order valence-corrected chi connectivity index (χ4v) is 4.16. The van der Waals surface area contributed by atoms with Crippen molar-refractivity contribution in [3.8, 4) is 11.8 Å². The molecule has 0 aromatic heterocycles. The van der Waals surface area contributed by atoms with Crippen molar-refractivity contribution in [1.29, 1.82) is 5.26 Å². The van der Waals surface area contributed by atoms with E-state index in [0.717, 1.165) is 31.4 Å². The van der Waals surface area contributed by atoms with Gasteiger partial charge in [-0.2, -0.15) is 5.26 Å². The molecule has 120 valence electrons. The predicted octanol–water partition coefficient (Wildman–Crippen LogP) is 3.39. The van der Waals surface area contributed by atoms with Crippen molar-refractivity contribution in [2.45, 2.75) is 56.6 Å². The summed E-state index contributed by atoms with van der Waals surface area (Å²) < 4.78 is 6.08. The third-order valence-electron chi connectivity index (χ3n) is 5.48. The number of hydrogen-bond acceptors (Lipinski definition) is 3. The zero-order valence-electron chi connectivity index (χ0n) is 12.9. The lowest BCUT2D eigenvalue weighted by atomic mass is 9.53. The van der Waals surface area contributed by atoms with Crippen LogP contribution in [-0.4, -0.2) is 23.3 Å². The quantitative estimate of drug-likeness (QED) is 0.892. The summed E-state index contributed by atoms with van der Waals surface area (Å²) in [6, 6.07) is 8.26. The minimum absolute atomic E-state index is 0.0984. The topological polar surface area (TPSA) is 82.3 Å². The molecule has 1 aromatic carbocycles. The van der Waals surface area contributed by atoms with Gasteiger partial charge in [-0.05, 0) is 67.6 Å². The summed E-state index contributed by atoms with van der Waals surface area (Å²) in [5.41, 5.74) is 2.15. The predicted molar refractivity (Wildman–Crippen MR) is 83.4 cm³/mol. The van der Waals surface area contributed by atoms with Crippen LogP contribution in [0.25, 0.3) is 0 Å². The Kier molecular flexibility index (Phi) is 3.22. The highest BCUT2D eigenvalue weighted by Crippen LogP contribution is 2.57. The van der Waals surface area contributed by atoms with E-state index in [1.54, 1.807) is 0 Å². The molecule has 1 aromatic rings. The molecule has 0 radical (unpaired) electrons. The normalized spacial score (nSPS) is 31.6. The van der Waals surface area contributed by atoms with Crippen LogP contribution in [-0.2, 0) is 0 Å². The second-order valence-corrected chi connectivity index (χ2v) is 7.34. The van der Waals surface area contributed by atoms with Gasteiger partial charge < -0.3 is 15.2 Å². The van der Waals surface area contributed by atoms with Crippen LogP contribution in [0.4, 0.5) is 4.79 Å². The lowest BCUT2D eigenvalue weighted by molar-refractivity contribution is -0.0838. The molecule has 0 saturated heterocycles. The van der Waals surface area contributed by atoms with Crippen LogP contribution in [0, 0.1) is 16.7 Å². The van der Waals surface area contributed by atoms with E-state index in [1.807, 2.05) is 18.2 Å². The van der Waals surface area contributed by atoms with E-state index in [9.17, 15) is 10.1 Å². The molecule has 23 heavy (non-hydrogen) atoms. The largest absolute Gasteiger partial charge is 0.489 e. The Morgan fingerprint density at radius 2 is 2.04 bits per heavy atom. The number of nitrogens with zero attached hydrogens (tertiary/aromatic N) is 1. The summed E-state index contributed by atoms with van der Waals surface area (Å²) in [4.78, 5) is 10.6. The highest BCUT2D eigenvalue weighted by molar-refractivity contribution is 5.65. The molecule has 3 aliphatic rings. The monoisotopic (exact) mass is 312 g/mol. The standard InChI is InChI=1S/C18H20N2O3/c19-10-13-4-3-12(11-1-2-11)5-16(13)23-15-8-18(9-15)6-14(7-18)20-17(21)22/h3-5,11,14-15,20H,1-2,6-9H2,(H,21,22). The minimum Gasteiger partial charge on any atom is -0.489 e. The van der Waals surface area contributed by atoms with Crippen molar-refractivity contribution >= 4 is 6.09 Å². The van der Waals surface area contributed by atoms with Gasteiger partial charge in [0.05, 0.1) is 11.7 Å². The summed E-state index contributed by atoms with van der Waals surface area (Å²) >= 11 is 0. The van der Waals surface area contributed by atoms with E-state index in [0.29, 0.717) is 11.5 Å². The molecule has 0 heterocycles. The molecule has 0 unspecified atom stereocenters. The van der Waals surface area contributed by atoms with Gasteiger partial charge in [0.25, 0.3) is 0 Å². The van der Waals surface area contributed by atoms with Crippen LogP contribution in [0.15, 0.2) is 18.2 Å². The van der Waals surface area contributed by atoms with Crippen LogP contribution >= 0.6 is 0 Å². The maximum Gasteiger partial charge on any atom is 0.404 e. The number of nitrogens with one attached hydrogen (secondary N) is 1. The number of hydrogen-bond donors (Lipinski definition) is 2. The Labute approximate surface area is 135 Å². The lowest BCUT2D eigenvalue weighted by Crippen LogP contribution is -2.58. The maximum absolute atomic E-state index is 10.6. The van der Waals surface area contributed by atoms with E-state index in [-0.39, 0.29) is 17.6 Å². The zero-order chi connectivity index (χ0) is 16.0. The number of carboxylic acid groups (broad SMARTS) is 1. The zero-order valence-corrected chi connectivity index (χ0v) is 12.9. The minimum atomic E-state index is -0.937. The molecule has 0 atom stereocenters. The number of carbonyl (C=O) groups is 1. The van der Waals surface area contributed by atoms with Gasteiger partial charge in [0, 0.05) is 6.04 Å². The van der Waals surface area contributed by atoms with Crippen LogP contribution in [0.2, 0.25) is 0 Å². The van der Waals surface area contributed by atoms with E-state index in [2.05, 4.69) is 11.4 Å². The third kappa shape index (κ3) is 2.74. The van der Waals surface area contributed by atoms with Gasteiger partial charge in [0.15, 0.2) is 0 Å². The molecule has 1 amide bonds. The van der Waals surface area contributed by atoms with Crippen LogP contribution in [0.3, 0.4) is 0 Å². The first-order chi connectivity index (χ1) is 11.1. The van der Waals surface area contributed by atoms with Crippen molar-refractivity contribution in [3.05, 3.63) is 29.3 Å². The Morgan fingerprint density at radius 3 is 2.65 bits per heavy atom. The average molecular weight is 312 g/mol. The number of ether oxygens (including phenoxy) is 1. The van der Waals surface area contributed by atoms with Crippen molar-refractivity contribution < 1.29 is 14.6 Å². The fraction of sp³-hybridized carbons (Fsp3) is 0.556. The summed E-state index contributed by atoms with van der Waals surface area (Å²) in [6.07, 6.45) is 5.42. The third-order valence-corrected chi connectivity index (χ3v) is 5.48. The Bertz CT molecular complexity index is 676. The van der Waals surface area contributed by atoms with Gasteiger partial charge in [-0.3, -0.25) is 0 Å². The van der Waals surface area contributed by atoms with Crippen LogP contribution in [0.1, 0.15) is 55.6 Å². The molecular formula is C18H20N2O3. The van der Waals surface area contributed by atoms with Crippen molar-refractivity contribution in [2.75, 3.05) is 0 Å². The first-order valence-electron chi connectivity index (χ1n) is 8.27. The molecule has 1 spiro atoms. The van der Waals surface area contributed by atoms with Gasteiger partial charge in [0.1, 0.15) is 11.8 Å². The number of benzene rings is 1.